The first-order valence-corrected chi connectivity index (χ1v) is 6.61. The molecule has 1 aromatic carbocycles. The van der Waals surface area contributed by atoms with Crippen molar-refractivity contribution in [1.82, 2.24) is 5.32 Å². The summed E-state index contributed by atoms with van der Waals surface area (Å²) in [5.41, 5.74) is 0.397. The van der Waals surface area contributed by atoms with E-state index in [-0.39, 0.29) is 18.0 Å². The van der Waals surface area contributed by atoms with Gasteiger partial charge in [0.1, 0.15) is 11.5 Å². The van der Waals surface area contributed by atoms with Crippen LogP contribution in [0.3, 0.4) is 0 Å². The molecule has 0 heterocycles. The van der Waals surface area contributed by atoms with Crippen molar-refractivity contribution < 1.29 is 14.3 Å². The molecule has 0 aliphatic rings. The third-order valence-electron chi connectivity index (χ3n) is 2.53. The Morgan fingerprint density at radius 3 is 2.30 bits per heavy atom. The van der Waals surface area contributed by atoms with Crippen molar-refractivity contribution in [3.8, 4) is 11.5 Å². The number of benzene rings is 1. The second-order valence-electron chi connectivity index (χ2n) is 5.34. The molecule has 0 unspecified atom stereocenters. The number of carbonyl (C=O) groups excluding carboxylic acids is 1. The van der Waals surface area contributed by atoms with Crippen LogP contribution in [0.15, 0.2) is 12.1 Å². The third kappa shape index (κ3) is 4.90. The maximum absolute atomic E-state index is 11.9. The Balaban J connectivity index is 2.83. The van der Waals surface area contributed by atoms with Gasteiger partial charge in [-0.15, -0.1) is 0 Å². The highest BCUT2D eigenvalue weighted by Crippen LogP contribution is 2.35. The van der Waals surface area contributed by atoms with Crippen molar-refractivity contribution in [2.24, 2.45) is 0 Å². The molecule has 1 rings (SSSR count). The average Bonchev–Trinajstić information content (AvgIpc) is 2.37. The quantitative estimate of drug-likeness (QED) is 0.878. The Morgan fingerprint density at radius 2 is 1.80 bits per heavy atom. The van der Waals surface area contributed by atoms with Gasteiger partial charge in [-0.2, -0.15) is 0 Å². The van der Waals surface area contributed by atoms with Crippen molar-refractivity contribution in [2.45, 2.75) is 26.3 Å². The second-order valence-corrected chi connectivity index (χ2v) is 5.75. The van der Waals surface area contributed by atoms with E-state index < -0.39 is 0 Å². The van der Waals surface area contributed by atoms with Crippen LogP contribution in [0, 0.1) is 0 Å². The Kier molecular flexibility index (Phi) is 5.65. The minimum Gasteiger partial charge on any atom is -0.495 e. The molecule has 0 atom stereocenters. The molecule has 0 fully saturated rings. The number of halogens is 1. The molecule has 0 aliphatic heterocycles. The molecular formula is C14H21ClN2O3. The third-order valence-corrected chi connectivity index (χ3v) is 2.82. The van der Waals surface area contributed by atoms with Gasteiger partial charge in [0.15, 0.2) is 0 Å². The van der Waals surface area contributed by atoms with Gasteiger partial charge in [-0.1, -0.05) is 11.6 Å². The fourth-order valence-corrected chi connectivity index (χ4v) is 1.73. The summed E-state index contributed by atoms with van der Waals surface area (Å²) in [6.45, 7) is 6.18. The molecule has 0 radical (unpaired) electrons. The topological polar surface area (TPSA) is 59.6 Å². The highest BCUT2D eigenvalue weighted by Gasteiger charge is 2.15. The highest BCUT2D eigenvalue weighted by molar-refractivity contribution is 6.32. The first kappa shape index (κ1) is 16.6. The van der Waals surface area contributed by atoms with Crippen LogP contribution in [0.2, 0.25) is 5.02 Å². The van der Waals surface area contributed by atoms with Crippen LogP contribution in [0.1, 0.15) is 20.8 Å². The molecule has 1 aromatic rings. The van der Waals surface area contributed by atoms with Crippen molar-refractivity contribution >= 4 is 23.2 Å². The minimum atomic E-state index is -0.164. The van der Waals surface area contributed by atoms with Gasteiger partial charge in [0, 0.05) is 17.7 Å². The van der Waals surface area contributed by atoms with Gasteiger partial charge in [-0.3, -0.25) is 4.79 Å². The van der Waals surface area contributed by atoms with Gasteiger partial charge >= 0.3 is 0 Å². The second kappa shape index (κ2) is 6.81. The molecule has 6 heteroatoms. The van der Waals surface area contributed by atoms with Gasteiger partial charge in [0.05, 0.1) is 31.5 Å². The predicted octanol–water partition coefficient (Wildman–Crippen LogP) is 2.68. The maximum atomic E-state index is 11.9. The Bertz CT molecular complexity index is 484. The lowest BCUT2D eigenvalue weighted by Crippen LogP contribution is -2.41. The zero-order chi connectivity index (χ0) is 15.3. The summed E-state index contributed by atoms with van der Waals surface area (Å²) in [6, 6.07) is 3.24. The van der Waals surface area contributed by atoms with E-state index in [0.29, 0.717) is 22.2 Å². The van der Waals surface area contributed by atoms with Crippen molar-refractivity contribution in [3.05, 3.63) is 17.2 Å². The number of amides is 1. The van der Waals surface area contributed by atoms with E-state index in [1.807, 2.05) is 20.8 Å². The monoisotopic (exact) mass is 300 g/mol. The van der Waals surface area contributed by atoms with E-state index in [2.05, 4.69) is 10.6 Å². The predicted molar refractivity (Wildman–Crippen MR) is 80.9 cm³/mol. The molecule has 0 saturated carbocycles. The molecule has 0 spiro atoms. The lowest BCUT2D eigenvalue weighted by molar-refractivity contribution is -0.115. The van der Waals surface area contributed by atoms with Crippen molar-refractivity contribution in [2.75, 3.05) is 26.1 Å². The standard InChI is InChI=1S/C14H21ClN2O3/c1-14(2,3)16-8-13(18)17-10-7-11(19-4)9(15)6-12(10)20-5/h6-7,16H,8H2,1-5H3,(H,17,18). The molecule has 1 amide bonds. The number of carbonyl (C=O) groups is 1. The molecule has 0 bridgehead atoms. The molecule has 0 saturated heterocycles. The number of rotatable bonds is 5. The van der Waals surface area contributed by atoms with E-state index in [4.69, 9.17) is 21.1 Å². The number of anilines is 1. The number of hydrogen-bond donors (Lipinski definition) is 2. The van der Waals surface area contributed by atoms with Crippen LogP contribution in [-0.2, 0) is 4.79 Å². The molecular weight excluding hydrogens is 280 g/mol. The van der Waals surface area contributed by atoms with Gasteiger partial charge in [-0.05, 0) is 20.8 Å². The molecule has 2 N–H and O–H groups in total. The first-order valence-electron chi connectivity index (χ1n) is 6.23. The summed E-state index contributed by atoms with van der Waals surface area (Å²) in [6.07, 6.45) is 0. The minimum absolute atomic E-state index is 0.126. The van der Waals surface area contributed by atoms with Gasteiger partial charge in [0.25, 0.3) is 0 Å². The van der Waals surface area contributed by atoms with Crippen molar-refractivity contribution in [1.29, 1.82) is 0 Å². The molecule has 0 aromatic heterocycles. The number of hydrogen-bond acceptors (Lipinski definition) is 4. The largest absolute Gasteiger partial charge is 0.495 e. The van der Waals surface area contributed by atoms with Gasteiger partial charge in [0.2, 0.25) is 5.91 Å². The summed E-state index contributed by atoms with van der Waals surface area (Å²) < 4.78 is 10.3. The Hall–Kier alpha value is -1.46. The first-order chi connectivity index (χ1) is 9.26. The number of ether oxygens (including phenoxy) is 2. The van der Waals surface area contributed by atoms with Crippen LogP contribution in [0.5, 0.6) is 11.5 Å². The normalized spacial score (nSPS) is 11.1. The van der Waals surface area contributed by atoms with Crippen LogP contribution in [-0.4, -0.2) is 32.2 Å². The Labute approximate surface area is 124 Å². The fraction of sp³-hybridized carbons (Fsp3) is 0.500. The lowest BCUT2D eigenvalue weighted by Gasteiger charge is -2.20. The zero-order valence-corrected chi connectivity index (χ0v) is 13.2. The van der Waals surface area contributed by atoms with E-state index in [1.165, 1.54) is 14.2 Å². The van der Waals surface area contributed by atoms with E-state index >= 15 is 0 Å². The fourth-order valence-electron chi connectivity index (χ4n) is 1.50. The molecule has 20 heavy (non-hydrogen) atoms. The highest BCUT2D eigenvalue weighted by atomic mass is 35.5. The molecule has 5 nitrogen and oxygen atoms in total. The van der Waals surface area contributed by atoms with E-state index in [9.17, 15) is 4.79 Å². The van der Waals surface area contributed by atoms with Crippen LogP contribution in [0.25, 0.3) is 0 Å². The SMILES string of the molecule is COc1cc(NC(=O)CNC(C)(C)C)c(OC)cc1Cl. The van der Waals surface area contributed by atoms with E-state index in [1.54, 1.807) is 12.1 Å². The van der Waals surface area contributed by atoms with Crippen LogP contribution < -0.4 is 20.1 Å². The Morgan fingerprint density at radius 1 is 1.20 bits per heavy atom. The smallest absolute Gasteiger partial charge is 0.238 e. The summed E-state index contributed by atoms with van der Waals surface area (Å²) >= 11 is 6.01. The van der Waals surface area contributed by atoms with Crippen LogP contribution >= 0.6 is 11.6 Å². The van der Waals surface area contributed by atoms with Gasteiger partial charge in [-0.25, -0.2) is 0 Å². The number of methoxy groups -OCH3 is 2. The van der Waals surface area contributed by atoms with Crippen molar-refractivity contribution in [3.63, 3.8) is 0 Å². The summed E-state index contributed by atoms with van der Waals surface area (Å²) in [5.74, 6) is 0.800. The number of nitrogens with one attached hydrogen (secondary N) is 2. The molecule has 0 aliphatic carbocycles. The zero-order valence-electron chi connectivity index (χ0n) is 12.5. The lowest BCUT2D eigenvalue weighted by atomic mass is 10.1. The average molecular weight is 301 g/mol. The van der Waals surface area contributed by atoms with Gasteiger partial charge < -0.3 is 20.1 Å². The van der Waals surface area contributed by atoms with Crippen LogP contribution in [0.4, 0.5) is 5.69 Å². The van der Waals surface area contributed by atoms with E-state index in [0.717, 1.165) is 0 Å². The summed E-state index contributed by atoms with van der Waals surface area (Å²) in [5, 5.41) is 6.31. The summed E-state index contributed by atoms with van der Waals surface area (Å²) in [7, 11) is 3.03. The molecule has 112 valence electrons. The summed E-state index contributed by atoms with van der Waals surface area (Å²) in [4.78, 5) is 11.9. The maximum Gasteiger partial charge on any atom is 0.238 e.